The molecule has 3 rings (SSSR count). The Bertz CT molecular complexity index is 751. The van der Waals surface area contributed by atoms with Crippen molar-refractivity contribution in [3.8, 4) is 0 Å². The van der Waals surface area contributed by atoms with Crippen LogP contribution < -0.4 is 4.90 Å². The summed E-state index contributed by atoms with van der Waals surface area (Å²) in [5.74, 6) is -0.0977. The molecule has 0 bridgehead atoms. The molecule has 2 heterocycles. The molecule has 1 aromatic carbocycles. The van der Waals surface area contributed by atoms with Crippen molar-refractivity contribution in [3.63, 3.8) is 0 Å². The number of amides is 2. The number of hydrogen-bond acceptors (Lipinski definition) is 4. The predicted molar refractivity (Wildman–Crippen MR) is 94.8 cm³/mol. The van der Waals surface area contributed by atoms with Crippen LogP contribution >= 0.6 is 11.8 Å². The molecule has 1 unspecified atom stereocenters. The number of thioether (sulfide) groups is 1. The van der Waals surface area contributed by atoms with E-state index >= 15 is 0 Å². The van der Waals surface area contributed by atoms with Crippen LogP contribution in [0, 0.1) is 0 Å². The van der Waals surface area contributed by atoms with Crippen molar-refractivity contribution in [2.45, 2.75) is 23.2 Å². The monoisotopic (exact) mass is 341 g/mol. The van der Waals surface area contributed by atoms with E-state index in [0.717, 1.165) is 16.3 Å². The first-order valence-corrected chi connectivity index (χ1v) is 8.61. The summed E-state index contributed by atoms with van der Waals surface area (Å²) in [6.45, 7) is 0.538. The van der Waals surface area contributed by atoms with Gasteiger partial charge in [-0.3, -0.25) is 9.59 Å². The molecule has 2 amide bonds. The fourth-order valence-corrected chi connectivity index (χ4v) is 3.84. The van der Waals surface area contributed by atoms with Gasteiger partial charge in [0.1, 0.15) is 5.03 Å². The van der Waals surface area contributed by atoms with Crippen molar-refractivity contribution < 1.29 is 9.59 Å². The third-order valence-corrected chi connectivity index (χ3v) is 5.21. The van der Waals surface area contributed by atoms with Gasteiger partial charge in [0.25, 0.3) is 0 Å². The Balaban J connectivity index is 1.67. The number of carbonyl (C=O) groups excluding carboxylic acids is 2. The Morgan fingerprint density at radius 1 is 1.25 bits per heavy atom. The van der Waals surface area contributed by atoms with Crippen LogP contribution in [0.15, 0.2) is 53.7 Å². The van der Waals surface area contributed by atoms with Crippen LogP contribution in [-0.2, 0) is 16.1 Å². The number of fused-ring (bicyclic) bond motifs is 1. The Morgan fingerprint density at radius 3 is 2.75 bits per heavy atom. The largest absolute Gasteiger partial charge is 0.341 e. The maximum Gasteiger partial charge on any atom is 0.240 e. The van der Waals surface area contributed by atoms with E-state index in [4.69, 9.17) is 0 Å². The minimum atomic E-state index is -0.428. The first-order valence-electron chi connectivity index (χ1n) is 7.73. The lowest BCUT2D eigenvalue weighted by Crippen LogP contribution is -2.41. The summed E-state index contributed by atoms with van der Waals surface area (Å²) in [7, 11) is 3.50. The summed E-state index contributed by atoms with van der Waals surface area (Å²) >= 11 is 1.37. The molecule has 2 aromatic rings. The molecule has 0 saturated carbocycles. The highest BCUT2D eigenvalue weighted by atomic mass is 32.2. The zero-order chi connectivity index (χ0) is 17.1. The van der Waals surface area contributed by atoms with Crippen molar-refractivity contribution >= 4 is 29.3 Å². The fourth-order valence-electron chi connectivity index (χ4n) is 2.64. The van der Waals surface area contributed by atoms with Gasteiger partial charge < -0.3 is 9.80 Å². The summed E-state index contributed by atoms with van der Waals surface area (Å²) in [6, 6.07) is 13.5. The summed E-state index contributed by atoms with van der Waals surface area (Å²) < 4.78 is 0. The number of nitrogens with zero attached hydrogens (tertiary/aromatic N) is 3. The molecule has 0 spiro atoms. The molecule has 124 valence electrons. The molecule has 1 aromatic heterocycles. The molecule has 0 saturated heterocycles. The van der Waals surface area contributed by atoms with Crippen LogP contribution in [0.4, 0.5) is 5.69 Å². The van der Waals surface area contributed by atoms with Gasteiger partial charge in [-0.15, -0.1) is 0 Å². The molecule has 1 aliphatic rings. The Morgan fingerprint density at radius 2 is 2.00 bits per heavy atom. The number of carbonyl (C=O) groups is 2. The van der Waals surface area contributed by atoms with E-state index in [2.05, 4.69) is 4.98 Å². The maximum atomic E-state index is 12.5. The number of aromatic nitrogens is 1. The lowest BCUT2D eigenvalue weighted by atomic mass is 10.2. The van der Waals surface area contributed by atoms with Crippen LogP contribution in [0.1, 0.15) is 12.0 Å². The highest BCUT2D eigenvalue weighted by Crippen LogP contribution is 2.38. The number of benzene rings is 1. The average Bonchev–Trinajstić information content (AvgIpc) is 2.60. The lowest BCUT2D eigenvalue weighted by Gasteiger charge is -2.30. The molecule has 5 nitrogen and oxygen atoms in total. The first kappa shape index (κ1) is 16.5. The van der Waals surface area contributed by atoms with Crippen LogP contribution in [-0.4, -0.2) is 41.0 Å². The van der Waals surface area contributed by atoms with Gasteiger partial charge in [0.05, 0.1) is 10.9 Å². The summed E-state index contributed by atoms with van der Waals surface area (Å²) in [5.41, 5.74) is 1.87. The topological polar surface area (TPSA) is 53.5 Å². The molecule has 0 aliphatic carbocycles. The molecule has 1 atom stereocenters. The van der Waals surface area contributed by atoms with Crippen molar-refractivity contribution in [1.82, 2.24) is 9.88 Å². The average molecular weight is 341 g/mol. The van der Waals surface area contributed by atoms with Crippen molar-refractivity contribution in [3.05, 3.63) is 54.2 Å². The van der Waals surface area contributed by atoms with Crippen LogP contribution in [0.3, 0.4) is 0 Å². The summed E-state index contributed by atoms with van der Waals surface area (Å²) in [5, 5.41) is 0.367. The fraction of sp³-hybridized carbons (Fsp3) is 0.278. The SMILES string of the molecule is CN(Cc1ccccc1)C(=O)CC1Sc2ncccc2N(C)C1=O. The number of hydrogen-bond donors (Lipinski definition) is 0. The number of rotatable bonds is 4. The molecule has 0 radical (unpaired) electrons. The second-order valence-electron chi connectivity index (χ2n) is 5.77. The molecular weight excluding hydrogens is 322 g/mol. The first-order chi connectivity index (χ1) is 11.6. The van der Waals surface area contributed by atoms with Gasteiger partial charge in [-0.25, -0.2) is 4.98 Å². The van der Waals surface area contributed by atoms with E-state index in [0.29, 0.717) is 6.54 Å². The Kier molecular flexibility index (Phi) is 4.85. The minimum Gasteiger partial charge on any atom is -0.341 e. The van der Waals surface area contributed by atoms with Gasteiger partial charge in [-0.05, 0) is 17.7 Å². The Labute approximate surface area is 145 Å². The molecule has 1 aliphatic heterocycles. The third-order valence-electron chi connectivity index (χ3n) is 4.02. The van der Waals surface area contributed by atoms with E-state index < -0.39 is 5.25 Å². The maximum absolute atomic E-state index is 12.5. The quantitative estimate of drug-likeness (QED) is 0.858. The summed E-state index contributed by atoms with van der Waals surface area (Å²) in [4.78, 5) is 32.6. The second-order valence-corrected chi connectivity index (χ2v) is 6.96. The van der Waals surface area contributed by atoms with Gasteiger partial charge in [0, 0.05) is 33.3 Å². The molecule has 0 N–H and O–H groups in total. The zero-order valence-electron chi connectivity index (χ0n) is 13.7. The van der Waals surface area contributed by atoms with Gasteiger partial charge in [-0.1, -0.05) is 42.1 Å². The summed E-state index contributed by atoms with van der Waals surface area (Å²) in [6.07, 6.45) is 1.88. The van der Waals surface area contributed by atoms with Gasteiger partial charge >= 0.3 is 0 Å². The van der Waals surface area contributed by atoms with Crippen LogP contribution in [0.2, 0.25) is 0 Å². The van der Waals surface area contributed by atoms with E-state index in [1.807, 2.05) is 42.5 Å². The smallest absolute Gasteiger partial charge is 0.240 e. The van der Waals surface area contributed by atoms with Crippen LogP contribution in [0.5, 0.6) is 0 Å². The minimum absolute atomic E-state index is 0.0440. The molecule has 24 heavy (non-hydrogen) atoms. The van der Waals surface area contributed by atoms with Crippen molar-refractivity contribution in [2.75, 3.05) is 19.0 Å². The number of anilines is 1. The Hall–Kier alpha value is -2.34. The van der Waals surface area contributed by atoms with Crippen molar-refractivity contribution in [2.24, 2.45) is 0 Å². The van der Waals surface area contributed by atoms with E-state index in [-0.39, 0.29) is 18.2 Å². The highest BCUT2D eigenvalue weighted by Gasteiger charge is 2.34. The van der Waals surface area contributed by atoms with E-state index in [1.165, 1.54) is 11.8 Å². The normalized spacial score (nSPS) is 16.7. The molecular formula is C18H19N3O2S. The number of pyridine rings is 1. The second kappa shape index (κ2) is 7.05. The van der Waals surface area contributed by atoms with Crippen molar-refractivity contribution in [1.29, 1.82) is 0 Å². The molecule has 6 heteroatoms. The van der Waals surface area contributed by atoms with E-state index in [9.17, 15) is 9.59 Å². The molecule has 0 fully saturated rings. The van der Waals surface area contributed by atoms with Gasteiger partial charge in [0.2, 0.25) is 11.8 Å². The highest BCUT2D eigenvalue weighted by molar-refractivity contribution is 8.00. The zero-order valence-corrected chi connectivity index (χ0v) is 14.5. The van der Waals surface area contributed by atoms with Crippen LogP contribution in [0.25, 0.3) is 0 Å². The van der Waals surface area contributed by atoms with Gasteiger partial charge in [0.15, 0.2) is 0 Å². The standard InChI is InChI=1S/C18H19N3O2S/c1-20(12-13-7-4-3-5-8-13)16(22)11-15-18(23)21(2)14-9-6-10-19-17(14)24-15/h3-10,15H,11-12H2,1-2H3. The predicted octanol–water partition coefficient (Wildman–Crippen LogP) is 2.57. The third kappa shape index (κ3) is 3.43. The van der Waals surface area contributed by atoms with Gasteiger partial charge in [-0.2, -0.15) is 0 Å². The van der Waals surface area contributed by atoms with E-state index in [1.54, 1.807) is 30.1 Å². The lowest BCUT2D eigenvalue weighted by molar-refractivity contribution is -0.132.